The van der Waals surface area contributed by atoms with Crippen molar-refractivity contribution in [3.8, 4) is 0 Å². The van der Waals surface area contributed by atoms with Gasteiger partial charge in [-0.2, -0.15) is 0 Å². The molecule has 0 aliphatic heterocycles. The van der Waals surface area contributed by atoms with Gasteiger partial charge in [0.15, 0.2) is 0 Å². The molecule has 0 fully saturated rings. The number of allylic oxidation sites excluding steroid dienone is 18. The molecule has 6 heteroatoms. The zero-order chi connectivity index (χ0) is 46.7. The summed E-state index contributed by atoms with van der Waals surface area (Å²) >= 11 is 0. The zero-order valence-corrected chi connectivity index (χ0v) is 41.4. The van der Waals surface area contributed by atoms with Crippen molar-refractivity contribution in [3.63, 3.8) is 0 Å². The molecule has 3 atom stereocenters. The van der Waals surface area contributed by atoms with Crippen LogP contribution in [0.2, 0.25) is 0 Å². The molecule has 0 bridgehead atoms. The summed E-state index contributed by atoms with van der Waals surface area (Å²) < 4.78 is 5.89. The Hall–Kier alpha value is -3.48. The van der Waals surface area contributed by atoms with Gasteiger partial charge in [0, 0.05) is 6.42 Å². The van der Waals surface area contributed by atoms with E-state index in [2.05, 4.69) is 68.6 Å². The summed E-state index contributed by atoms with van der Waals surface area (Å²) in [5.41, 5.74) is 0. The van der Waals surface area contributed by atoms with Gasteiger partial charge in [0.25, 0.3) is 0 Å². The molecule has 6 nitrogen and oxygen atoms in total. The molecule has 0 radical (unpaired) electrons. The molecule has 0 aliphatic rings. The van der Waals surface area contributed by atoms with Gasteiger partial charge in [0.05, 0.1) is 25.2 Å². The third-order valence-electron chi connectivity index (χ3n) is 11.3. The van der Waals surface area contributed by atoms with E-state index in [9.17, 15) is 19.8 Å². The molecule has 0 aromatic rings. The average molecular weight is 888 g/mol. The highest BCUT2D eigenvalue weighted by Crippen LogP contribution is 2.17. The number of esters is 1. The summed E-state index contributed by atoms with van der Waals surface area (Å²) in [7, 11) is 0. The summed E-state index contributed by atoms with van der Waals surface area (Å²) in [5, 5.41) is 23.8. The van der Waals surface area contributed by atoms with Gasteiger partial charge in [0.1, 0.15) is 6.10 Å². The first-order valence-electron chi connectivity index (χ1n) is 26.2. The lowest BCUT2D eigenvalue weighted by molar-refractivity contribution is -0.151. The summed E-state index contributed by atoms with van der Waals surface area (Å²) in [6, 6.07) is -0.732. The van der Waals surface area contributed by atoms with Crippen molar-refractivity contribution < 1.29 is 24.5 Å². The molecule has 0 aromatic carbocycles. The fourth-order valence-electron chi connectivity index (χ4n) is 7.35. The first-order valence-corrected chi connectivity index (χ1v) is 26.2. The molecule has 0 aliphatic carbocycles. The number of carbonyl (C=O) groups excluding carboxylic acids is 2. The van der Waals surface area contributed by atoms with Crippen molar-refractivity contribution in [2.24, 2.45) is 0 Å². The molecule has 0 saturated heterocycles. The van der Waals surface area contributed by atoms with E-state index in [1.54, 1.807) is 0 Å². The van der Waals surface area contributed by atoms with Crippen LogP contribution in [0.15, 0.2) is 109 Å². The summed E-state index contributed by atoms with van der Waals surface area (Å²) in [6.07, 6.45) is 68.6. The van der Waals surface area contributed by atoms with Crippen LogP contribution in [0.1, 0.15) is 220 Å². The number of ether oxygens (including phenoxy) is 1. The molecule has 0 spiro atoms. The van der Waals surface area contributed by atoms with Gasteiger partial charge >= 0.3 is 5.97 Å². The zero-order valence-electron chi connectivity index (χ0n) is 41.4. The number of amides is 1. The lowest BCUT2D eigenvalue weighted by atomic mass is 10.0. The Morgan fingerprint density at radius 2 is 0.875 bits per heavy atom. The maximum atomic E-state index is 13.2. The predicted octanol–water partition coefficient (Wildman–Crippen LogP) is 15.9. The highest BCUT2D eigenvalue weighted by Gasteiger charge is 2.24. The SMILES string of the molecule is CC/C=C/C=C/C=C\C=C/CCCCCC(=O)OC(CCCCC/C=C/C=C/C=C/C=C/C=C/CCC)CC(=O)NC(CO)C(O)CCCCCCCCCCCCCCCCCC. The standard InChI is InChI=1S/C58H97NO5/c1-4-7-10-13-16-19-22-25-27-29-32-34-37-40-43-46-49-54(64-58(63)51-48-45-42-39-36-31-24-21-18-15-12-9-6-3)52-57(62)59-55(53-60)56(61)50-47-44-41-38-35-33-30-28-26-23-20-17-14-11-8-5-2/h9-10,12-13,15-16,18-19,21-22,24-25,27,29,31-32,34,36,54-56,60-61H,4-8,11,14,17,20,23,26,28,30,33,35,37-53H2,1-3H3,(H,59,62)/b12-9+,13-10+,18-15+,19-16+,24-21-,25-22+,29-27+,34-32+,36-31-. The number of aliphatic hydroxyl groups is 2. The van der Waals surface area contributed by atoms with E-state index in [1.165, 1.54) is 83.5 Å². The van der Waals surface area contributed by atoms with Gasteiger partial charge in [0.2, 0.25) is 5.91 Å². The van der Waals surface area contributed by atoms with Crippen LogP contribution in [0.5, 0.6) is 0 Å². The highest BCUT2D eigenvalue weighted by atomic mass is 16.5. The van der Waals surface area contributed by atoms with Gasteiger partial charge in [-0.1, -0.05) is 252 Å². The number of rotatable bonds is 45. The molecule has 0 rings (SSSR count). The van der Waals surface area contributed by atoms with E-state index in [1.807, 2.05) is 66.8 Å². The van der Waals surface area contributed by atoms with Crippen LogP contribution in [0, 0.1) is 0 Å². The minimum absolute atomic E-state index is 0.0266. The van der Waals surface area contributed by atoms with Crippen LogP contribution in [-0.4, -0.2) is 46.9 Å². The van der Waals surface area contributed by atoms with E-state index >= 15 is 0 Å². The molecule has 64 heavy (non-hydrogen) atoms. The number of aliphatic hydroxyl groups excluding tert-OH is 2. The van der Waals surface area contributed by atoms with Crippen LogP contribution in [0.25, 0.3) is 0 Å². The number of hydrogen-bond donors (Lipinski definition) is 3. The molecular formula is C58H97NO5. The lowest BCUT2D eigenvalue weighted by Crippen LogP contribution is -2.46. The third-order valence-corrected chi connectivity index (χ3v) is 11.3. The Morgan fingerprint density at radius 1 is 0.469 bits per heavy atom. The van der Waals surface area contributed by atoms with Crippen molar-refractivity contribution in [1.82, 2.24) is 5.32 Å². The molecule has 3 unspecified atom stereocenters. The van der Waals surface area contributed by atoms with Gasteiger partial charge in [-0.3, -0.25) is 9.59 Å². The Labute approximate surface area is 394 Å². The van der Waals surface area contributed by atoms with Crippen LogP contribution in [-0.2, 0) is 14.3 Å². The number of unbranched alkanes of at least 4 members (excludes halogenated alkanes) is 22. The maximum absolute atomic E-state index is 13.2. The summed E-state index contributed by atoms with van der Waals surface area (Å²) in [4.78, 5) is 26.1. The van der Waals surface area contributed by atoms with E-state index in [4.69, 9.17) is 4.74 Å². The molecule has 1 amide bonds. The quantitative estimate of drug-likeness (QED) is 0.0322. The highest BCUT2D eigenvalue weighted by molar-refractivity contribution is 5.77. The van der Waals surface area contributed by atoms with Crippen LogP contribution in [0.3, 0.4) is 0 Å². The van der Waals surface area contributed by atoms with Gasteiger partial charge in [-0.15, -0.1) is 0 Å². The predicted molar refractivity (Wildman–Crippen MR) is 277 cm³/mol. The second-order valence-corrected chi connectivity index (χ2v) is 17.4. The normalized spacial score (nSPS) is 14.1. The van der Waals surface area contributed by atoms with Crippen molar-refractivity contribution in [3.05, 3.63) is 109 Å². The monoisotopic (exact) mass is 888 g/mol. The minimum Gasteiger partial charge on any atom is -0.462 e. The second kappa shape index (κ2) is 50.5. The molecule has 0 saturated carbocycles. The average Bonchev–Trinajstić information content (AvgIpc) is 3.29. The number of hydrogen-bond acceptors (Lipinski definition) is 5. The molecular weight excluding hydrogens is 791 g/mol. The van der Waals surface area contributed by atoms with Crippen molar-refractivity contribution in [2.75, 3.05) is 6.61 Å². The summed E-state index contributed by atoms with van der Waals surface area (Å²) in [5.74, 6) is -0.571. The van der Waals surface area contributed by atoms with Crippen LogP contribution < -0.4 is 5.32 Å². The van der Waals surface area contributed by atoms with E-state index in [0.29, 0.717) is 19.3 Å². The van der Waals surface area contributed by atoms with Crippen molar-refractivity contribution >= 4 is 11.9 Å². The van der Waals surface area contributed by atoms with Crippen molar-refractivity contribution in [2.45, 2.75) is 238 Å². The second-order valence-electron chi connectivity index (χ2n) is 17.4. The van der Waals surface area contributed by atoms with Gasteiger partial charge in [-0.25, -0.2) is 0 Å². The maximum Gasteiger partial charge on any atom is 0.306 e. The third kappa shape index (κ3) is 45.1. The van der Waals surface area contributed by atoms with E-state index in [0.717, 1.165) is 89.9 Å². The molecule has 0 aromatic heterocycles. The number of carbonyl (C=O) groups is 2. The van der Waals surface area contributed by atoms with E-state index in [-0.39, 0.29) is 24.9 Å². The van der Waals surface area contributed by atoms with Gasteiger partial charge in [-0.05, 0) is 64.2 Å². The molecule has 364 valence electrons. The Morgan fingerprint density at radius 3 is 1.34 bits per heavy atom. The smallest absolute Gasteiger partial charge is 0.306 e. The van der Waals surface area contributed by atoms with Crippen molar-refractivity contribution in [1.29, 1.82) is 0 Å². The van der Waals surface area contributed by atoms with Crippen LogP contribution >= 0.6 is 0 Å². The largest absolute Gasteiger partial charge is 0.462 e. The van der Waals surface area contributed by atoms with Crippen LogP contribution in [0.4, 0.5) is 0 Å². The van der Waals surface area contributed by atoms with Gasteiger partial charge < -0.3 is 20.3 Å². The fourth-order valence-corrected chi connectivity index (χ4v) is 7.35. The minimum atomic E-state index is -0.814. The topological polar surface area (TPSA) is 95.9 Å². The Balaban J connectivity index is 4.72. The van der Waals surface area contributed by atoms with E-state index < -0.39 is 18.2 Å². The fraction of sp³-hybridized carbons (Fsp3) is 0.655. The first kappa shape index (κ1) is 60.5. The Kier molecular flexibility index (Phi) is 47.8. The Bertz CT molecular complexity index is 1320. The number of nitrogens with one attached hydrogen (secondary N) is 1. The summed E-state index contributed by atoms with van der Waals surface area (Å²) in [6.45, 7) is 6.23. The molecule has 3 N–H and O–H groups in total. The lowest BCUT2D eigenvalue weighted by Gasteiger charge is -2.24. The molecule has 0 heterocycles. The first-order chi connectivity index (χ1) is 31.5.